The Hall–Kier alpha value is -2.64. The summed E-state index contributed by atoms with van der Waals surface area (Å²) in [6.07, 6.45) is 0. The number of amides is 1. The molecule has 9 heteroatoms. The van der Waals surface area contributed by atoms with E-state index in [2.05, 4.69) is 15.5 Å². The van der Waals surface area contributed by atoms with Gasteiger partial charge < -0.3 is 14.8 Å². The van der Waals surface area contributed by atoms with Crippen LogP contribution in [0.3, 0.4) is 0 Å². The highest BCUT2D eigenvalue weighted by Gasteiger charge is 2.25. The standard InChI is InChI=1S/C19H19Cl2N3O4/c1-10-12(20)6-5-7-13(10)23-24-17(11(2)25)19(26)22-14-8-9-15(27-3)18(28-4)16(14)21/h5-9,17H,1-4H3,(H,22,26). The van der Waals surface area contributed by atoms with Crippen LogP contribution in [0.4, 0.5) is 11.4 Å². The quantitative estimate of drug-likeness (QED) is 0.501. The van der Waals surface area contributed by atoms with E-state index >= 15 is 0 Å². The molecule has 1 N–H and O–H groups in total. The van der Waals surface area contributed by atoms with Crippen molar-refractivity contribution in [1.82, 2.24) is 0 Å². The molecule has 0 spiro atoms. The Morgan fingerprint density at radius 3 is 2.43 bits per heavy atom. The smallest absolute Gasteiger partial charge is 0.258 e. The van der Waals surface area contributed by atoms with Gasteiger partial charge in [-0.05, 0) is 43.7 Å². The number of anilines is 1. The van der Waals surface area contributed by atoms with E-state index in [0.717, 1.165) is 0 Å². The van der Waals surface area contributed by atoms with Crippen LogP contribution >= 0.6 is 23.2 Å². The minimum Gasteiger partial charge on any atom is -0.493 e. The predicted molar refractivity (Wildman–Crippen MR) is 108 cm³/mol. The Bertz CT molecular complexity index is 932. The zero-order valence-corrected chi connectivity index (χ0v) is 17.3. The van der Waals surface area contributed by atoms with Gasteiger partial charge >= 0.3 is 0 Å². The number of hydrogen-bond acceptors (Lipinski definition) is 6. The Morgan fingerprint density at radius 1 is 1.11 bits per heavy atom. The molecule has 2 aromatic carbocycles. The van der Waals surface area contributed by atoms with Crippen molar-refractivity contribution in [3.8, 4) is 11.5 Å². The highest BCUT2D eigenvalue weighted by molar-refractivity contribution is 6.35. The molecule has 0 aliphatic heterocycles. The molecule has 0 radical (unpaired) electrons. The summed E-state index contributed by atoms with van der Waals surface area (Å²) in [5, 5.41) is 11.1. The molecular weight excluding hydrogens is 405 g/mol. The molecule has 0 saturated carbocycles. The first-order chi connectivity index (χ1) is 13.3. The third kappa shape index (κ3) is 4.79. The summed E-state index contributed by atoms with van der Waals surface area (Å²) in [5.41, 5.74) is 1.42. The maximum absolute atomic E-state index is 12.6. The maximum atomic E-state index is 12.6. The first-order valence-electron chi connectivity index (χ1n) is 8.17. The number of methoxy groups -OCH3 is 2. The highest BCUT2D eigenvalue weighted by atomic mass is 35.5. The molecule has 0 fully saturated rings. The van der Waals surface area contributed by atoms with Crippen molar-refractivity contribution in [3.05, 3.63) is 45.9 Å². The van der Waals surface area contributed by atoms with Crippen LogP contribution in [0.25, 0.3) is 0 Å². The summed E-state index contributed by atoms with van der Waals surface area (Å²) in [4.78, 5) is 24.5. The number of nitrogens with zero attached hydrogens (tertiary/aromatic N) is 2. The van der Waals surface area contributed by atoms with Gasteiger partial charge in [-0.15, -0.1) is 0 Å². The second kappa shape index (κ2) is 9.52. The molecule has 1 atom stereocenters. The number of nitrogens with one attached hydrogen (secondary N) is 1. The van der Waals surface area contributed by atoms with Gasteiger partial charge in [0.05, 0.1) is 25.6 Å². The number of azo groups is 1. The lowest BCUT2D eigenvalue weighted by atomic mass is 10.2. The normalized spacial score (nSPS) is 11.9. The summed E-state index contributed by atoms with van der Waals surface area (Å²) in [5.74, 6) is -0.482. The third-order valence-electron chi connectivity index (χ3n) is 3.90. The van der Waals surface area contributed by atoms with Crippen LogP contribution < -0.4 is 14.8 Å². The average Bonchev–Trinajstić information content (AvgIpc) is 2.66. The van der Waals surface area contributed by atoms with Crippen molar-refractivity contribution >= 4 is 46.3 Å². The third-order valence-corrected chi connectivity index (χ3v) is 4.68. The molecule has 0 aromatic heterocycles. The number of ketones is 1. The summed E-state index contributed by atoms with van der Waals surface area (Å²) in [7, 11) is 2.89. The fourth-order valence-electron chi connectivity index (χ4n) is 2.33. The SMILES string of the molecule is COc1ccc(NC(=O)C(N=Nc2cccc(Cl)c2C)C(C)=O)c(Cl)c1OC. The number of benzene rings is 2. The van der Waals surface area contributed by atoms with Crippen molar-refractivity contribution in [3.63, 3.8) is 0 Å². The van der Waals surface area contributed by atoms with E-state index in [4.69, 9.17) is 32.7 Å². The molecule has 28 heavy (non-hydrogen) atoms. The van der Waals surface area contributed by atoms with Crippen LogP contribution in [-0.2, 0) is 9.59 Å². The molecule has 0 bridgehead atoms. The molecule has 2 aromatic rings. The largest absolute Gasteiger partial charge is 0.493 e. The Morgan fingerprint density at radius 2 is 1.82 bits per heavy atom. The van der Waals surface area contributed by atoms with Gasteiger partial charge in [-0.1, -0.05) is 29.3 Å². The highest BCUT2D eigenvalue weighted by Crippen LogP contribution is 2.40. The Labute approximate surface area is 172 Å². The van der Waals surface area contributed by atoms with Gasteiger partial charge in [-0.3, -0.25) is 9.59 Å². The fraction of sp³-hybridized carbons (Fsp3) is 0.263. The molecule has 0 heterocycles. The lowest BCUT2D eigenvalue weighted by Gasteiger charge is -2.15. The van der Waals surface area contributed by atoms with E-state index in [-0.39, 0.29) is 16.5 Å². The molecular formula is C19H19Cl2N3O4. The number of carbonyl (C=O) groups is 2. The van der Waals surface area contributed by atoms with Crippen molar-refractivity contribution in [2.75, 3.05) is 19.5 Å². The second-order valence-electron chi connectivity index (χ2n) is 5.76. The number of carbonyl (C=O) groups excluding carboxylic acids is 2. The van der Waals surface area contributed by atoms with Gasteiger partial charge in [0, 0.05) is 5.02 Å². The van der Waals surface area contributed by atoms with Gasteiger partial charge in [-0.2, -0.15) is 10.2 Å². The summed E-state index contributed by atoms with van der Waals surface area (Å²) >= 11 is 12.3. The van der Waals surface area contributed by atoms with Gasteiger partial charge in [0.15, 0.2) is 17.3 Å². The van der Waals surface area contributed by atoms with Gasteiger partial charge in [0.25, 0.3) is 5.91 Å². The lowest BCUT2D eigenvalue weighted by molar-refractivity contribution is -0.126. The van der Waals surface area contributed by atoms with E-state index in [1.165, 1.54) is 27.2 Å². The van der Waals surface area contributed by atoms with E-state index in [1.807, 2.05) is 0 Å². The van der Waals surface area contributed by atoms with Crippen LogP contribution in [0, 0.1) is 6.92 Å². The molecule has 0 aliphatic carbocycles. The lowest BCUT2D eigenvalue weighted by Crippen LogP contribution is -2.32. The van der Waals surface area contributed by atoms with E-state index in [1.54, 1.807) is 31.2 Å². The van der Waals surface area contributed by atoms with Crippen LogP contribution in [0.2, 0.25) is 10.0 Å². The molecule has 1 amide bonds. The van der Waals surface area contributed by atoms with E-state index < -0.39 is 17.7 Å². The number of rotatable bonds is 7. The van der Waals surface area contributed by atoms with Crippen molar-refractivity contribution in [2.24, 2.45) is 10.2 Å². The molecule has 0 saturated heterocycles. The van der Waals surface area contributed by atoms with Gasteiger partial charge in [0.2, 0.25) is 6.04 Å². The summed E-state index contributed by atoms with van der Waals surface area (Å²) < 4.78 is 10.3. The Balaban J connectivity index is 2.28. The summed E-state index contributed by atoms with van der Waals surface area (Å²) in [6, 6.07) is 6.88. The van der Waals surface area contributed by atoms with Crippen LogP contribution in [0.5, 0.6) is 11.5 Å². The van der Waals surface area contributed by atoms with E-state index in [0.29, 0.717) is 22.0 Å². The first kappa shape index (κ1) is 21.7. The molecule has 148 valence electrons. The second-order valence-corrected chi connectivity index (χ2v) is 6.55. The van der Waals surface area contributed by atoms with E-state index in [9.17, 15) is 9.59 Å². The Kier molecular flexibility index (Phi) is 7.37. The van der Waals surface area contributed by atoms with Crippen molar-refractivity contribution in [2.45, 2.75) is 19.9 Å². The first-order valence-corrected chi connectivity index (χ1v) is 8.93. The minimum atomic E-state index is -1.34. The van der Waals surface area contributed by atoms with Gasteiger partial charge in [-0.25, -0.2) is 0 Å². The minimum absolute atomic E-state index is 0.139. The number of Topliss-reactive ketones (excluding diaryl/α,β-unsaturated/α-hetero) is 1. The van der Waals surface area contributed by atoms with Crippen molar-refractivity contribution in [1.29, 1.82) is 0 Å². The van der Waals surface area contributed by atoms with Crippen LogP contribution in [0.1, 0.15) is 12.5 Å². The van der Waals surface area contributed by atoms with Crippen LogP contribution in [-0.4, -0.2) is 32.0 Å². The molecule has 7 nitrogen and oxygen atoms in total. The predicted octanol–water partition coefficient (Wildman–Crippen LogP) is 5.00. The molecule has 1 unspecified atom stereocenters. The maximum Gasteiger partial charge on any atom is 0.258 e. The zero-order chi connectivity index (χ0) is 20.8. The monoisotopic (exact) mass is 423 g/mol. The average molecular weight is 424 g/mol. The van der Waals surface area contributed by atoms with Gasteiger partial charge in [0.1, 0.15) is 5.02 Å². The molecule has 2 rings (SSSR count). The summed E-state index contributed by atoms with van der Waals surface area (Å²) in [6.45, 7) is 3.02. The molecule has 0 aliphatic rings. The number of halogens is 2. The van der Waals surface area contributed by atoms with Crippen LogP contribution in [0.15, 0.2) is 40.6 Å². The number of hydrogen-bond donors (Lipinski definition) is 1. The number of ether oxygens (including phenoxy) is 2. The van der Waals surface area contributed by atoms with Crippen molar-refractivity contribution < 1.29 is 19.1 Å². The fourth-order valence-corrected chi connectivity index (χ4v) is 2.78. The zero-order valence-electron chi connectivity index (χ0n) is 15.7. The topological polar surface area (TPSA) is 89.4 Å².